The van der Waals surface area contributed by atoms with Crippen molar-refractivity contribution in [2.75, 3.05) is 14.1 Å². The van der Waals surface area contributed by atoms with Crippen molar-refractivity contribution in [1.82, 2.24) is 4.90 Å². The first-order valence-electron chi connectivity index (χ1n) is 4.83. The van der Waals surface area contributed by atoms with Gasteiger partial charge in [0.15, 0.2) is 0 Å². The highest BCUT2D eigenvalue weighted by Gasteiger charge is 2.10. The molecule has 0 atom stereocenters. The lowest BCUT2D eigenvalue weighted by molar-refractivity contribution is 0.171. The number of benzene rings is 1. The first-order chi connectivity index (χ1) is 7.54. The van der Waals surface area contributed by atoms with Crippen LogP contribution in [0.3, 0.4) is 0 Å². The van der Waals surface area contributed by atoms with Gasteiger partial charge in [0.25, 0.3) is 0 Å². The Morgan fingerprint density at radius 2 is 2.25 bits per heavy atom. The molecule has 1 aromatic rings. The fraction of sp³-hybridized carbons (Fsp3) is 0.250. The maximum absolute atomic E-state index is 11.4. The summed E-state index contributed by atoms with van der Waals surface area (Å²) < 4.78 is 5.20. The molecule has 0 unspecified atom stereocenters. The van der Waals surface area contributed by atoms with Gasteiger partial charge < -0.3 is 9.64 Å². The van der Waals surface area contributed by atoms with Gasteiger partial charge in [-0.3, -0.25) is 0 Å². The highest BCUT2D eigenvalue weighted by Crippen LogP contribution is 2.24. The van der Waals surface area contributed by atoms with Gasteiger partial charge in [-0.1, -0.05) is 17.7 Å². The molecule has 3 nitrogen and oxygen atoms in total. The van der Waals surface area contributed by atoms with E-state index in [0.717, 1.165) is 5.56 Å². The summed E-state index contributed by atoms with van der Waals surface area (Å²) >= 11 is 5.87. The van der Waals surface area contributed by atoms with Crippen molar-refractivity contribution in [3.05, 3.63) is 41.4 Å². The van der Waals surface area contributed by atoms with E-state index < -0.39 is 6.09 Å². The van der Waals surface area contributed by atoms with Crippen LogP contribution in [0.2, 0.25) is 5.02 Å². The maximum Gasteiger partial charge on any atom is 0.414 e. The largest absolute Gasteiger partial charge is 0.414 e. The summed E-state index contributed by atoms with van der Waals surface area (Å²) in [4.78, 5) is 12.8. The number of rotatable bonds is 3. The van der Waals surface area contributed by atoms with Gasteiger partial charge in [-0.05, 0) is 24.6 Å². The number of allylic oxidation sites excluding steroid dienone is 1. The van der Waals surface area contributed by atoms with Crippen LogP contribution in [0.5, 0.6) is 5.75 Å². The van der Waals surface area contributed by atoms with Gasteiger partial charge in [0.05, 0.1) is 0 Å². The third-order valence-corrected chi connectivity index (χ3v) is 2.18. The van der Waals surface area contributed by atoms with Crippen LogP contribution in [-0.2, 0) is 6.42 Å². The van der Waals surface area contributed by atoms with E-state index >= 15 is 0 Å². The predicted octanol–water partition coefficient (Wildman–Crippen LogP) is 3.13. The molecule has 0 heterocycles. The van der Waals surface area contributed by atoms with Crippen LogP contribution >= 0.6 is 11.6 Å². The lowest BCUT2D eigenvalue weighted by Gasteiger charge is -2.13. The molecule has 4 heteroatoms. The highest BCUT2D eigenvalue weighted by molar-refractivity contribution is 6.30. The van der Waals surface area contributed by atoms with E-state index in [4.69, 9.17) is 16.3 Å². The summed E-state index contributed by atoms with van der Waals surface area (Å²) in [5.74, 6) is 0.517. The second kappa shape index (κ2) is 5.56. The minimum atomic E-state index is -0.410. The lowest BCUT2D eigenvalue weighted by Crippen LogP contribution is -2.25. The third kappa shape index (κ3) is 3.28. The van der Waals surface area contributed by atoms with Crippen LogP contribution < -0.4 is 4.74 Å². The van der Waals surface area contributed by atoms with E-state index in [2.05, 4.69) is 6.58 Å². The van der Waals surface area contributed by atoms with E-state index in [9.17, 15) is 4.79 Å². The molecule has 86 valence electrons. The van der Waals surface area contributed by atoms with Crippen LogP contribution in [0.25, 0.3) is 0 Å². The second-order valence-electron chi connectivity index (χ2n) is 3.51. The number of hydrogen-bond donors (Lipinski definition) is 0. The SMILES string of the molecule is C=CCc1cc(Cl)ccc1OC(=O)N(C)C. The van der Waals surface area contributed by atoms with Crippen LogP contribution in [-0.4, -0.2) is 25.1 Å². The molecular formula is C12H14ClNO2. The quantitative estimate of drug-likeness (QED) is 0.759. The van der Waals surface area contributed by atoms with Gasteiger partial charge in [0.2, 0.25) is 0 Å². The van der Waals surface area contributed by atoms with Crippen LogP contribution in [0.1, 0.15) is 5.56 Å². The minimum Gasteiger partial charge on any atom is -0.410 e. The highest BCUT2D eigenvalue weighted by atomic mass is 35.5. The molecule has 0 aliphatic carbocycles. The summed E-state index contributed by atoms with van der Waals surface area (Å²) in [5.41, 5.74) is 0.845. The second-order valence-corrected chi connectivity index (χ2v) is 3.94. The minimum absolute atomic E-state index is 0.410. The van der Waals surface area contributed by atoms with Crippen molar-refractivity contribution in [2.45, 2.75) is 6.42 Å². The Hall–Kier alpha value is -1.48. The Kier molecular flexibility index (Phi) is 4.38. The Balaban J connectivity index is 2.94. The van der Waals surface area contributed by atoms with Gasteiger partial charge in [0.1, 0.15) is 5.75 Å². The molecule has 1 aromatic carbocycles. The van der Waals surface area contributed by atoms with Crippen LogP contribution in [0.15, 0.2) is 30.9 Å². The molecule has 0 aliphatic rings. The van der Waals surface area contributed by atoms with E-state index in [0.29, 0.717) is 17.2 Å². The zero-order valence-electron chi connectivity index (χ0n) is 9.37. The van der Waals surface area contributed by atoms with Gasteiger partial charge >= 0.3 is 6.09 Å². The Bertz CT molecular complexity index is 402. The third-order valence-electron chi connectivity index (χ3n) is 1.95. The Morgan fingerprint density at radius 1 is 1.56 bits per heavy atom. The molecule has 0 aliphatic heterocycles. The summed E-state index contributed by atoms with van der Waals surface area (Å²) in [5, 5.41) is 0.613. The van der Waals surface area contributed by atoms with Crippen molar-refractivity contribution in [3.8, 4) is 5.75 Å². The zero-order chi connectivity index (χ0) is 12.1. The van der Waals surface area contributed by atoms with Crippen molar-refractivity contribution >= 4 is 17.7 Å². The van der Waals surface area contributed by atoms with E-state index in [1.807, 2.05) is 0 Å². The average Bonchev–Trinajstić information content (AvgIpc) is 2.22. The maximum atomic E-state index is 11.4. The van der Waals surface area contributed by atoms with Crippen LogP contribution in [0, 0.1) is 0 Å². The van der Waals surface area contributed by atoms with E-state index in [1.54, 1.807) is 38.4 Å². The normalized spacial score (nSPS) is 9.69. The van der Waals surface area contributed by atoms with Crippen LogP contribution in [0.4, 0.5) is 4.79 Å². The van der Waals surface area contributed by atoms with Crippen molar-refractivity contribution in [1.29, 1.82) is 0 Å². The Labute approximate surface area is 100 Å². The number of carbonyl (C=O) groups excluding carboxylic acids is 1. The number of carbonyl (C=O) groups is 1. The van der Waals surface area contributed by atoms with E-state index in [-0.39, 0.29) is 0 Å². The fourth-order valence-electron chi connectivity index (χ4n) is 1.15. The molecule has 0 N–H and O–H groups in total. The average molecular weight is 240 g/mol. The molecule has 1 amide bonds. The standard InChI is InChI=1S/C12H14ClNO2/c1-4-5-9-8-10(13)6-7-11(9)16-12(15)14(2)3/h4,6-8H,1,5H2,2-3H3. The molecule has 0 bridgehead atoms. The van der Waals surface area contributed by atoms with E-state index in [1.165, 1.54) is 4.90 Å². The van der Waals surface area contributed by atoms with Crippen molar-refractivity contribution in [2.24, 2.45) is 0 Å². The molecule has 16 heavy (non-hydrogen) atoms. The van der Waals surface area contributed by atoms with Gasteiger partial charge in [-0.2, -0.15) is 0 Å². The van der Waals surface area contributed by atoms with Gasteiger partial charge in [-0.15, -0.1) is 6.58 Å². The lowest BCUT2D eigenvalue weighted by atomic mass is 10.1. The fourth-order valence-corrected chi connectivity index (χ4v) is 1.34. The predicted molar refractivity (Wildman–Crippen MR) is 65.1 cm³/mol. The molecular weight excluding hydrogens is 226 g/mol. The monoisotopic (exact) mass is 239 g/mol. The molecule has 0 saturated heterocycles. The van der Waals surface area contributed by atoms with Gasteiger partial charge in [0, 0.05) is 24.7 Å². The number of ether oxygens (including phenoxy) is 1. The topological polar surface area (TPSA) is 29.5 Å². The first kappa shape index (κ1) is 12.6. The zero-order valence-corrected chi connectivity index (χ0v) is 10.1. The van der Waals surface area contributed by atoms with Crippen molar-refractivity contribution in [3.63, 3.8) is 0 Å². The Morgan fingerprint density at radius 3 is 2.81 bits per heavy atom. The summed E-state index contributed by atoms with van der Waals surface area (Å²) in [7, 11) is 3.26. The number of halogens is 1. The molecule has 0 radical (unpaired) electrons. The summed E-state index contributed by atoms with van der Waals surface area (Å²) in [6.45, 7) is 3.65. The molecule has 0 fully saturated rings. The first-order valence-corrected chi connectivity index (χ1v) is 5.21. The summed E-state index contributed by atoms with van der Waals surface area (Å²) in [6, 6.07) is 5.14. The smallest absolute Gasteiger partial charge is 0.410 e. The number of amides is 1. The number of nitrogens with zero attached hydrogens (tertiary/aromatic N) is 1. The summed E-state index contributed by atoms with van der Waals surface area (Å²) in [6.07, 6.45) is 1.93. The molecule has 1 rings (SSSR count). The number of hydrogen-bond acceptors (Lipinski definition) is 2. The molecule has 0 spiro atoms. The molecule has 0 saturated carbocycles. The molecule has 0 aromatic heterocycles. The van der Waals surface area contributed by atoms with Crippen molar-refractivity contribution < 1.29 is 9.53 Å². The van der Waals surface area contributed by atoms with Gasteiger partial charge in [-0.25, -0.2) is 4.79 Å².